The molecule has 3 heteroatoms. The zero-order chi connectivity index (χ0) is 10.8. The van der Waals surface area contributed by atoms with Gasteiger partial charge in [0, 0.05) is 26.2 Å². The summed E-state index contributed by atoms with van der Waals surface area (Å²) in [5.41, 5.74) is 1.63. The molecule has 0 aliphatic rings. The minimum atomic E-state index is 0.576. The fraction of sp³-hybridized carbons (Fsp3) is 0. The summed E-state index contributed by atoms with van der Waals surface area (Å²) in [5.74, 6) is 0. The van der Waals surface area contributed by atoms with Crippen LogP contribution in [0, 0.1) is 6.07 Å². The summed E-state index contributed by atoms with van der Waals surface area (Å²) in [7, 11) is 0. The van der Waals surface area contributed by atoms with Crippen molar-refractivity contribution in [3.05, 3.63) is 57.5 Å². The molecule has 0 nitrogen and oxygen atoms in total. The highest BCUT2D eigenvalue weighted by Crippen LogP contribution is 2.33. The molecular weight excluding hydrogens is 250 g/mol. The quantitative estimate of drug-likeness (QED) is 0.665. The van der Waals surface area contributed by atoms with E-state index in [0.29, 0.717) is 15.1 Å². The molecule has 0 unspecified atom stereocenters. The zero-order valence-electron chi connectivity index (χ0n) is 7.60. The molecule has 2 aromatic rings. The van der Waals surface area contributed by atoms with E-state index in [1.54, 1.807) is 24.3 Å². The molecule has 2 rings (SSSR count). The van der Waals surface area contributed by atoms with Gasteiger partial charge in [0.2, 0.25) is 0 Å². The first-order chi connectivity index (χ1) is 7.18. The van der Waals surface area contributed by atoms with Crippen LogP contribution in [0.5, 0.6) is 0 Å². The second-order valence-corrected chi connectivity index (χ2v) is 4.27. The van der Waals surface area contributed by atoms with E-state index < -0.39 is 0 Å². The van der Waals surface area contributed by atoms with Crippen molar-refractivity contribution in [1.82, 2.24) is 0 Å². The summed E-state index contributed by atoms with van der Waals surface area (Å²) >= 11 is 17.9. The van der Waals surface area contributed by atoms with E-state index in [1.807, 2.05) is 12.1 Å². The van der Waals surface area contributed by atoms with Gasteiger partial charge in [-0.2, -0.15) is 0 Å². The number of rotatable bonds is 1. The van der Waals surface area contributed by atoms with Gasteiger partial charge >= 0.3 is 0 Å². The van der Waals surface area contributed by atoms with Crippen molar-refractivity contribution in [2.24, 2.45) is 0 Å². The summed E-state index contributed by atoms with van der Waals surface area (Å²) < 4.78 is 0. The predicted molar refractivity (Wildman–Crippen MR) is 65.7 cm³/mol. The molecule has 0 spiro atoms. The molecule has 1 radical (unpaired) electrons. The van der Waals surface area contributed by atoms with E-state index in [1.165, 1.54) is 0 Å². The summed E-state index contributed by atoms with van der Waals surface area (Å²) in [4.78, 5) is 0. The van der Waals surface area contributed by atoms with Gasteiger partial charge in [-0.3, -0.25) is 0 Å². The van der Waals surface area contributed by atoms with Gasteiger partial charge in [-0.1, -0.05) is 53.0 Å². The molecule has 0 saturated heterocycles. The Bertz CT molecular complexity index is 492. The first-order valence-corrected chi connectivity index (χ1v) is 5.43. The summed E-state index contributed by atoms with van der Waals surface area (Å²) in [6, 6.07) is 13.8. The van der Waals surface area contributed by atoms with Gasteiger partial charge in [-0.25, -0.2) is 0 Å². The van der Waals surface area contributed by atoms with Gasteiger partial charge in [-0.15, -0.1) is 0 Å². The van der Waals surface area contributed by atoms with Crippen LogP contribution in [-0.4, -0.2) is 0 Å². The van der Waals surface area contributed by atoms with Crippen LogP contribution in [0.3, 0.4) is 0 Å². The Labute approximate surface area is 103 Å². The number of hydrogen-bond acceptors (Lipinski definition) is 0. The smallest absolute Gasteiger partial charge is 0.0499 e. The van der Waals surface area contributed by atoms with Crippen molar-refractivity contribution < 1.29 is 0 Å². The molecule has 0 saturated carbocycles. The highest BCUT2D eigenvalue weighted by atomic mass is 35.5. The molecular formula is C12H6Cl3. The molecule has 0 aromatic heterocycles. The number of halogens is 3. The molecule has 0 aliphatic carbocycles. The summed E-state index contributed by atoms with van der Waals surface area (Å²) in [5, 5.41) is 1.81. The van der Waals surface area contributed by atoms with Crippen molar-refractivity contribution in [2.45, 2.75) is 0 Å². The van der Waals surface area contributed by atoms with Crippen molar-refractivity contribution in [3.63, 3.8) is 0 Å². The molecule has 0 heterocycles. The van der Waals surface area contributed by atoms with Gasteiger partial charge < -0.3 is 0 Å². The topological polar surface area (TPSA) is 0 Å². The predicted octanol–water partition coefficient (Wildman–Crippen LogP) is 5.11. The molecule has 75 valence electrons. The molecule has 15 heavy (non-hydrogen) atoms. The Morgan fingerprint density at radius 3 is 2.40 bits per heavy atom. The Morgan fingerprint density at radius 1 is 0.933 bits per heavy atom. The van der Waals surface area contributed by atoms with Gasteiger partial charge in [0.05, 0.1) is 0 Å². The SMILES string of the molecule is Clc1ccc(-c2[c]cccc2Cl)c(Cl)c1. The molecule has 0 amide bonds. The fourth-order valence-corrected chi connectivity index (χ4v) is 2.05. The minimum Gasteiger partial charge on any atom is -0.0843 e. The maximum absolute atomic E-state index is 6.07. The Kier molecular flexibility index (Phi) is 3.20. The van der Waals surface area contributed by atoms with Crippen LogP contribution in [0.15, 0.2) is 36.4 Å². The highest BCUT2D eigenvalue weighted by molar-refractivity contribution is 6.38. The number of hydrogen-bond donors (Lipinski definition) is 0. The van der Waals surface area contributed by atoms with E-state index in [0.717, 1.165) is 11.1 Å². The highest BCUT2D eigenvalue weighted by Gasteiger charge is 2.07. The first kappa shape index (κ1) is 10.8. The lowest BCUT2D eigenvalue weighted by Gasteiger charge is -2.06. The molecule has 0 bridgehead atoms. The second-order valence-electron chi connectivity index (χ2n) is 3.02. The van der Waals surface area contributed by atoms with E-state index >= 15 is 0 Å². The van der Waals surface area contributed by atoms with E-state index in [-0.39, 0.29) is 0 Å². The van der Waals surface area contributed by atoms with Gasteiger partial charge in [0.15, 0.2) is 0 Å². The van der Waals surface area contributed by atoms with Crippen LogP contribution >= 0.6 is 34.8 Å². The lowest BCUT2D eigenvalue weighted by Crippen LogP contribution is -1.81. The Morgan fingerprint density at radius 2 is 1.73 bits per heavy atom. The third-order valence-electron chi connectivity index (χ3n) is 2.01. The Balaban J connectivity index is 2.60. The maximum Gasteiger partial charge on any atom is 0.0499 e. The average Bonchev–Trinajstić information content (AvgIpc) is 2.20. The third-order valence-corrected chi connectivity index (χ3v) is 2.87. The van der Waals surface area contributed by atoms with Crippen molar-refractivity contribution in [2.75, 3.05) is 0 Å². The number of benzene rings is 2. The summed E-state index contributed by atoms with van der Waals surface area (Å²) in [6.45, 7) is 0. The largest absolute Gasteiger partial charge is 0.0843 e. The van der Waals surface area contributed by atoms with Gasteiger partial charge in [0.25, 0.3) is 0 Å². The standard InChI is InChI=1S/C12H6Cl3/c13-8-5-6-10(12(15)7-8)9-3-1-2-4-11(9)14/h1-2,4-7H. The lowest BCUT2D eigenvalue weighted by atomic mass is 10.1. The minimum absolute atomic E-state index is 0.576. The normalized spacial score (nSPS) is 10.3. The molecule has 0 N–H and O–H groups in total. The van der Waals surface area contributed by atoms with E-state index in [9.17, 15) is 0 Å². The van der Waals surface area contributed by atoms with E-state index in [2.05, 4.69) is 6.07 Å². The fourth-order valence-electron chi connectivity index (χ4n) is 1.31. The molecule has 0 atom stereocenters. The summed E-state index contributed by atoms with van der Waals surface area (Å²) in [6.07, 6.45) is 0. The van der Waals surface area contributed by atoms with Crippen molar-refractivity contribution in [1.29, 1.82) is 0 Å². The van der Waals surface area contributed by atoms with E-state index in [4.69, 9.17) is 34.8 Å². The Hall–Kier alpha value is -0.690. The van der Waals surface area contributed by atoms with Crippen molar-refractivity contribution in [3.8, 4) is 11.1 Å². The monoisotopic (exact) mass is 255 g/mol. The van der Waals surface area contributed by atoms with Crippen LogP contribution in [0.4, 0.5) is 0 Å². The zero-order valence-corrected chi connectivity index (χ0v) is 9.87. The van der Waals surface area contributed by atoms with Crippen LogP contribution in [-0.2, 0) is 0 Å². The van der Waals surface area contributed by atoms with Crippen LogP contribution in [0.2, 0.25) is 15.1 Å². The molecule has 2 aromatic carbocycles. The van der Waals surface area contributed by atoms with Gasteiger partial charge in [0.1, 0.15) is 0 Å². The molecule has 0 fully saturated rings. The third kappa shape index (κ3) is 2.28. The van der Waals surface area contributed by atoms with Crippen LogP contribution < -0.4 is 0 Å². The second kappa shape index (κ2) is 4.44. The van der Waals surface area contributed by atoms with Crippen molar-refractivity contribution >= 4 is 34.8 Å². The lowest BCUT2D eigenvalue weighted by molar-refractivity contribution is 1.61. The average molecular weight is 257 g/mol. The van der Waals surface area contributed by atoms with Gasteiger partial charge in [-0.05, 0) is 24.3 Å². The maximum atomic E-state index is 6.07. The van der Waals surface area contributed by atoms with Crippen LogP contribution in [0.25, 0.3) is 11.1 Å². The molecule has 0 aliphatic heterocycles. The van der Waals surface area contributed by atoms with Crippen LogP contribution in [0.1, 0.15) is 0 Å². The first-order valence-electron chi connectivity index (χ1n) is 4.30.